The number of nitrogens with one attached hydrogen (secondary N) is 3. The van der Waals surface area contributed by atoms with Gasteiger partial charge >= 0.3 is 0 Å². The Kier molecular flexibility index (Phi) is 7.19. The third-order valence-electron chi connectivity index (χ3n) is 5.60. The fourth-order valence-corrected chi connectivity index (χ4v) is 4.72. The average Bonchev–Trinajstić information content (AvgIpc) is 2.84. The zero-order valence-electron chi connectivity index (χ0n) is 18.7. The molecule has 1 aliphatic heterocycles. The molecule has 0 radical (unpaired) electrons. The zero-order valence-corrected chi connectivity index (χ0v) is 19.5. The molecule has 1 unspecified atom stereocenters. The number of thioether (sulfide) groups is 1. The predicted octanol–water partition coefficient (Wildman–Crippen LogP) is 4.60. The van der Waals surface area contributed by atoms with Crippen molar-refractivity contribution < 1.29 is 14.3 Å². The molecule has 0 aliphatic carbocycles. The van der Waals surface area contributed by atoms with Crippen molar-refractivity contribution in [2.24, 2.45) is 0 Å². The number of anilines is 2. The van der Waals surface area contributed by atoms with E-state index in [9.17, 15) is 9.59 Å². The predicted molar refractivity (Wildman–Crippen MR) is 134 cm³/mol. The Morgan fingerprint density at radius 1 is 1.06 bits per heavy atom. The highest BCUT2D eigenvalue weighted by Gasteiger charge is 2.26. The first-order chi connectivity index (χ1) is 16.0. The van der Waals surface area contributed by atoms with Gasteiger partial charge in [0.05, 0.1) is 18.5 Å². The first-order valence-corrected chi connectivity index (χ1v) is 11.9. The van der Waals surface area contributed by atoms with Crippen molar-refractivity contribution in [3.05, 3.63) is 89.0 Å². The standard InChI is InChI=1S/C26H27N3O3S/c1-17-5-3-4-6-20(17)15-33-16-24-26(31)29-23-13-19(9-12-22(23)28-24)25(30)27-14-18-7-10-21(32-2)11-8-18/h3-13,24,28H,14-16H2,1-2H3,(H,27,30)(H,29,31). The van der Waals surface area contributed by atoms with Gasteiger partial charge in [0, 0.05) is 23.6 Å². The highest BCUT2D eigenvalue weighted by Crippen LogP contribution is 2.29. The number of hydrogen-bond acceptors (Lipinski definition) is 5. The lowest BCUT2D eigenvalue weighted by Gasteiger charge is -2.27. The van der Waals surface area contributed by atoms with Crippen molar-refractivity contribution in [2.75, 3.05) is 23.5 Å². The normalized spacial score (nSPS) is 14.6. The number of methoxy groups -OCH3 is 1. The van der Waals surface area contributed by atoms with E-state index < -0.39 is 0 Å². The van der Waals surface area contributed by atoms with Crippen molar-refractivity contribution in [3.63, 3.8) is 0 Å². The number of benzene rings is 3. The van der Waals surface area contributed by atoms with Crippen LogP contribution in [0.4, 0.5) is 11.4 Å². The quantitative estimate of drug-likeness (QED) is 0.457. The lowest BCUT2D eigenvalue weighted by atomic mass is 10.1. The van der Waals surface area contributed by atoms with Crippen LogP contribution in [-0.4, -0.2) is 30.7 Å². The van der Waals surface area contributed by atoms with Gasteiger partial charge in [0.1, 0.15) is 11.8 Å². The topological polar surface area (TPSA) is 79.5 Å². The van der Waals surface area contributed by atoms with Gasteiger partial charge in [-0.2, -0.15) is 11.8 Å². The van der Waals surface area contributed by atoms with Crippen LogP contribution in [0.1, 0.15) is 27.0 Å². The number of carbonyl (C=O) groups is 2. The van der Waals surface area contributed by atoms with Crippen LogP contribution in [0.5, 0.6) is 5.75 Å². The maximum atomic E-state index is 12.6. The maximum Gasteiger partial charge on any atom is 0.251 e. The smallest absolute Gasteiger partial charge is 0.251 e. The lowest BCUT2D eigenvalue weighted by molar-refractivity contribution is -0.116. The minimum absolute atomic E-state index is 0.0874. The maximum absolute atomic E-state index is 12.6. The molecule has 33 heavy (non-hydrogen) atoms. The molecule has 2 amide bonds. The van der Waals surface area contributed by atoms with Crippen LogP contribution in [-0.2, 0) is 17.1 Å². The number of fused-ring (bicyclic) bond motifs is 1. The highest BCUT2D eigenvalue weighted by atomic mass is 32.2. The number of carbonyl (C=O) groups excluding carboxylic acids is 2. The van der Waals surface area contributed by atoms with E-state index in [0.29, 0.717) is 23.5 Å². The van der Waals surface area contributed by atoms with Crippen LogP contribution in [0.25, 0.3) is 0 Å². The molecule has 3 aromatic carbocycles. The van der Waals surface area contributed by atoms with Crippen LogP contribution in [0, 0.1) is 6.92 Å². The van der Waals surface area contributed by atoms with Crippen LogP contribution in [0.15, 0.2) is 66.7 Å². The summed E-state index contributed by atoms with van der Waals surface area (Å²) in [5, 5.41) is 9.16. The third-order valence-corrected chi connectivity index (χ3v) is 6.69. The van der Waals surface area contributed by atoms with E-state index in [-0.39, 0.29) is 17.9 Å². The summed E-state index contributed by atoms with van der Waals surface area (Å²) in [6.45, 7) is 2.51. The first-order valence-electron chi connectivity index (χ1n) is 10.8. The van der Waals surface area contributed by atoms with Crippen LogP contribution in [0.2, 0.25) is 0 Å². The van der Waals surface area contributed by atoms with Gasteiger partial charge in [-0.05, 0) is 53.9 Å². The lowest BCUT2D eigenvalue weighted by Crippen LogP contribution is -2.40. The fourth-order valence-electron chi connectivity index (χ4n) is 3.59. The third kappa shape index (κ3) is 5.68. The van der Waals surface area contributed by atoms with Gasteiger partial charge in [0.25, 0.3) is 5.91 Å². The van der Waals surface area contributed by atoms with Crippen molar-refractivity contribution in [1.29, 1.82) is 0 Å². The minimum atomic E-state index is -0.318. The molecule has 0 fully saturated rings. The average molecular weight is 462 g/mol. The Labute approximate surface area is 198 Å². The molecule has 3 aromatic rings. The monoisotopic (exact) mass is 461 g/mol. The van der Waals surface area contributed by atoms with Gasteiger partial charge in [-0.25, -0.2) is 0 Å². The summed E-state index contributed by atoms with van der Waals surface area (Å²) in [4.78, 5) is 25.2. The Morgan fingerprint density at radius 2 is 1.85 bits per heavy atom. The fraction of sp³-hybridized carbons (Fsp3) is 0.231. The van der Waals surface area contributed by atoms with E-state index in [4.69, 9.17) is 4.74 Å². The molecule has 7 heteroatoms. The molecular formula is C26H27N3O3S. The van der Waals surface area contributed by atoms with E-state index in [0.717, 1.165) is 22.8 Å². The van der Waals surface area contributed by atoms with Gasteiger partial charge in [0.15, 0.2) is 0 Å². The van der Waals surface area contributed by atoms with Gasteiger partial charge in [-0.15, -0.1) is 0 Å². The van der Waals surface area contributed by atoms with Crippen molar-refractivity contribution in [2.45, 2.75) is 25.3 Å². The molecule has 0 aromatic heterocycles. The number of rotatable bonds is 8. The van der Waals surface area contributed by atoms with Gasteiger partial charge in [0.2, 0.25) is 5.91 Å². The molecule has 1 heterocycles. The summed E-state index contributed by atoms with van der Waals surface area (Å²) in [6, 6.07) is 20.8. The van der Waals surface area contributed by atoms with E-state index in [1.54, 1.807) is 31.0 Å². The summed E-state index contributed by atoms with van der Waals surface area (Å²) in [7, 11) is 1.62. The van der Waals surface area contributed by atoms with Gasteiger partial charge in [-0.1, -0.05) is 36.4 Å². The number of hydrogen-bond donors (Lipinski definition) is 3. The molecule has 0 bridgehead atoms. The SMILES string of the molecule is COc1ccc(CNC(=O)c2ccc3c(c2)NC(=O)C(CSCc2ccccc2C)N3)cc1. The summed E-state index contributed by atoms with van der Waals surface area (Å²) in [6.07, 6.45) is 0. The molecular weight excluding hydrogens is 434 g/mol. The van der Waals surface area contributed by atoms with E-state index in [1.807, 2.05) is 42.5 Å². The molecule has 4 rings (SSSR count). The minimum Gasteiger partial charge on any atom is -0.497 e. The molecule has 0 spiro atoms. The van der Waals surface area contributed by atoms with Crippen LogP contribution < -0.4 is 20.7 Å². The number of aryl methyl sites for hydroxylation is 1. The molecule has 1 aliphatic rings. The van der Waals surface area contributed by atoms with Crippen molar-refractivity contribution in [1.82, 2.24) is 5.32 Å². The highest BCUT2D eigenvalue weighted by molar-refractivity contribution is 7.98. The van der Waals surface area contributed by atoms with Gasteiger partial charge < -0.3 is 20.7 Å². The van der Waals surface area contributed by atoms with Crippen LogP contribution in [0.3, 0.4) is 0 Å². The van der Waals surface area contributed by atoms with Gasteiger partial charge in [-0.3, -0.25) is 9.59 Å². The molecule has 170 valence electrons. The second-order valence-corrected chi connectivity index (χ2v) is 8.95. The summed E-state index contributed by atoms with van der Waals surface area (Å²) >= 11 is 1.72. The molecule has 3 N–H and O–H groups in total. The number of ether oxygens (including phenoxy) is 1. The first kappa shape index (κ1) is 22.7. The Morgan fingerprint density at radius 3 is 2.61 bits per heavy atom. The van der Waals surface area contributed by atoms with Crippen molar-refractivity contribution in [3.8, 4) is 5.75 Å². The molecule has 6 nitrogen and oxygen atoms in total. The Hall–Kier alpha value is -3.45. The van der Waals surface area contributed by atoms with E-state index in [1.165, 1.54) is 11.1 Å². The molecule has 0 saturated heterocycles. The zero-order chi connectivity index (χ0) is 23.2. The second-order valence-electron chi connectivity index (χ2n) is 7.92. The second kappa shape index (κ2) is 10.4. The van der Waals surface area contributed by atoms with Crippen molar-refractivity contribution >= 4 is 35.0 Å². The summed E-state index contributed by atoms with van der Waals surface area (Å²) < 4.78 is 5.15. The molecule has 0 saturated carbocycles. The Bertz CT molecular complexity index is 1150. The molecule has 1 atom stereocenters. The van der Waals surface area contributed by atoms with Crippen LogP contribution >= 0.6 is 11.8 Å². The van der Waals surface area contributed by atoms with E-state index >= 15 is 0 Å². The largest absolute Gasteiger partial charge is 0.497 e. The summed E-state index contributed by atoms with van der Waals surface area (Å²) in [5.74, 6) is 2.01. The number of amides is 2. The Balaban J connectivity index is 1.33. The van der Waals surface area contributed by atoms with E-state index in [2.05, 4.69) is 35.0 Å². The summed E-state index contributed by atoms with van der Waals surface area (Å²) in [5.41, 5.74) is 5.46.